The van der Waals surface area contributed by atoms with Crippen LogP contribution in [0.4, 0.5) is 15.1 Å². The third-order valence-corrected chi connectivity index (χ3v) is 5.84. The molecule has 3 heterocycles. The van der Waals surface area contributed by atoms with E-state index in [1.807, 2.05) is 23.1 Å². The number of rotatable bonds is 5. The van der Waals surface area contributed by atoms with Crippen LogP contribution in [0.2, 0.25) is 0 Å². The van der Waals surface area contributed by atoms with Crippen LogP contribution in [-0.4, -0.2) is 51.2 Å². The van der Waals surface area contributed by atoms with E-state index in [0.29, 0.717) is 23.9 Å². The molecule has 31 heavy (non-hydrogen) atoms. The van der Waals surface area contributed by atoms with Gasteiger partial charge in [0.15, 0.2) is 11.9 Å². The van der Waals surface area contributed by atoms with Gasteiger partial charge in [0, 0.05) is 19.2 Å². The fourth-order valence-corrected chi connectivity index (χ4v) is 4.33. The number of hydrogen-bond acceptors (Lipinski definition) is 5. The highest BCUT2D eigenvalue weighted by Gasteiger charge is 2.52. The number of halogens is 1. The SMILES string of the molecule is CN1C(=O)NC(=O)C2C1n1c(-c3ccc(F)cc3)nnc1N2CCCc1ccccc1. The summed E-state index contributed by atoms with van der Waals surface area (Å²) in [5.41, 5.74) is 1.88. The van der Waals surface area contributed by atoms with Crippen molar-refractivity contribution >= 4 is 17.9 Å². The Morgan fingerprint density at radius 2 is 1.77 bits per heavy atom. The van der Waals surface area contributed by atoms with Gasteiger partial charge < -0.3 is 9.80 Å². The first-order chi connectivity index (χ1) is 15.0. The van der Waals surface area contributed by atoms with E-state index < -0.39 is 18.2 Å². The molecule has 3 amide bonds. The molecule has 0 radical (unpaired) electrons. The van der Waals surface area contributed by atoms with Gasteiger partial charge in [-0.1, -0.05) is 30.3 Å². The summed E-state index contributed by atoms with van der Waals surface area (Å²) in [7, 11) is 1.64. The average Bonchev–Trinajstić information content (AvgIpc) is 3.33. The maximum absolute atomic E-state index is 13.4. The van der Waals surface area contributed by atoms with E-state index in [0.717, 1.165) is 12.8 Å². The minimum Gasteiger partial charge on any atom is -0.325 e. The van der Waals surface area contributed by atoms with Crippen LogP contribution in [0.1, 0.15) is 18.2 Å². The zero-order chi connectivity index (χ0) is 21.5. The van der Waals surface area contributed by atoms with Gasteiger partial charge >= 0.3 is 6.03 Å². The van der Waals surface area contributed by atoms with Crippen LogP contribution in [-0.2, 0) is 11.2 Å². The second kappa shape index (κ2) is 7.50. The van der Waals surface area contributed by atoms with E-state index in [9.17, 15) is 14.0 Å². The van der Waals surface area contributed by atoms with Crippen LogP contribution in [0.25, 0.3) is 11.4 Å². The molecule has 158 valence electrons. The minimum atomic E-state index is -0.608. The molecule has 2 unspecified atom stereocenters. The Labute approximate surface area is 178 Å². The van der Waals surface area contributed by atoms with Crippen LogP contribution >= 0.6 is 0 Å². The zero-order valence-corrected chi connectivity index (χ0v) is 16.9. The Morgan fingerprint density at radius 3 is 2.52 bits per heavy atom. The van der Waals surface area contributed by atoms with Gasteiger partial charge in [0.25, 0.3) is 5.91 Å². The molecule has 1 N–H and O–H groups in total. The van der Waals surface area contributed by atoms with E-state index in [4.69, 9.17) is 0 Å². The molecule has 2 atom stereocenters. The van der Waals surface area contributed by atoms with Crippen LogP contribution in [0.15, 0.2) is 54.6 Å². The summed E-state index contributed by atoms with van der Waals surface area (Å²) in [5, 5.41) is 11.1. The van der Waals surface area contributed by atoms with E-state index in [1.54, 1.807) is 23.7 Å². The molecule has 8 nitrogen and oxygen atoms in total. The lowest BCUT2D eigenvalue weighted by molar-refractivity contribution is -0.124. The third-order valence-electron chi connectivity index (χ3n) is 5.84. The Kier molecular flexibility index (Phi) is 4.65. The number of hydrogen-bond donors (Lipinski definition) is 1. The summed E-state index contributed by atoms with van der Waals surface area (Å²) in [6.07, 6.45) is 1.07. The number of nitrogens with one attached hydrogen (secondary N) is 1. The maximum atomic E-state index is 13.4. The van der Waals surface area contributed by atoms with Gasteiger partial charge in [0.2, 0.25) is 5.95 Å². The predicted molar refractivity (Wildman–Crippen MR) is 112 cm³/mol. The largest absolute Gasteiger partial charge is 0.325 e. The molecule has 5 rings (SSSR count). The third kappa shape index (κ3) is 3.22. The van der Waals surface area contributed by atoms with Crippen molar-refractivity contribution in [2.24, 2.45) is 0 Å². The standard InChI is InChI=1S/C22H21FN6O2/c1-27-20-17(19(30)24-22(27)31)28(13-5-8-14-6-3-2-4-7-14)21-26-25-18(29(20)21)15-9-11-16(23)12-10-15/h2-4,6-7,9-12,17,20H,5,8,13H2,1H3,(H,24,30,31). The monoisotopic (exact) mass is 420 g/mol. The minimum absolute atomic E-state index is 0.352. The molecule has 0 saturated carbocycles. The second-order valence-corrected chi connectivity index (χ2v) is 7.75. The van der Waals surface area contributed by atoms with Crippen molar-refractivity contribution in [3.63, 3.8) is 0 Å². The predicted octanol–water partition coefficient (Wildman–Crippen LogP) is 2.59. The molecular formula is C22H21FN6O2. The van der Waals surface area contributed by atoms with Crippen molar-refractivity contribution in [3.05, 3.63) is 66.0 Å². The highest BCUT2D eigenvalue weighted by atomic mass is 19.1. The number of aryl methyl sites for hydroxylation is 1. The molecule has 0 aliphatic carbocycles. The summed E-state index contributed by atoms with van der Waals surface area (Å²) in [4.78, 5) is 28.6. The quantitative estimate of drug-likeness (QED) is 0.686. The number of urea groups is 1. The molecule has 2 aromatic carbocycles. The molecular weight excluding hydrogens is 399 g/mol. The number of imide groups is 1. The molecule has 2 aliphatic rings. The Morgan fingerprint density at radius 1 is 1.03 bits per heavy atom. The van der Waals surface area contributed by atoms with Crippen LogP contribution in [0, 0.1) is 5.82 Å². The topological polar surface area (TPSA) is 83.4 Å². The van der Waals surface area contributed by atoms with Crippen molar-refractivity contribution in [2.45, 2.75) is 25.0 Å². The number of amides is 3. The van der Waals surface area contributed by atoms with E-state index in [-0.39, 0.29) is 11.7 Å². The van der Waals surface area contributed by atoms with Crippen LogP contribution in [0.5, 0.6) is 0 Å². The average molecular weight is 420 g/mol. The first-order valence-electron chi connectivity index (χ1n) is 10.1. The molecule has 0 spiro atoms. The van der Waals surface area contributed by atoms with Gasteiger partial charge in [0.1, 0.15) is 12.0 Å². The van der Waals surface area contributed by atoms with Gasteiger partial charge in [-0.05, 0) is 42.7 Å². The van der Waals surface area contributed by atoms with E-state index in [2.05, 4.69) is 27.6 Å². The van der Waals surface area contributed by atoms with Gasteiger partial charge in [0.05, 0.1) is 0 Å². The Bertz CT molecular complexity index is 1130. The number of anilines is 1. The summed E-state index contributed by atoms with van der Waals surface area (Å²) >= 11 is 0. The smallest absolute Gasteiger partial charge is 0.325 e. The number of likely N-dealkylation sites (N-methyl/N-ethyl adjacent to an activating group) is 1. The number of nitrogens with zero attached hydrogens (tertiary/aromatic N) is 5. The summed E-state index contributed by atoms with van der Waals surface area (Å²) in [5.74, 6) is 0.307. The van der Waals surface area contributed by atoms with Crippen molar-refractivity contribution in [3.8, 4) is 11.4 Å². The van der Waals surface area contributed by atoms with Gasteiger partial charge in [-0.15, -0.1) is 10.2 Å². The number of carbonyl (C=O) groups is 2. The summed E-state index contributed by atoms with van der Waals surface area (Å²) < 4.78 is 15.2. The first kappa shape index (κ1) is 19.2. The van der Waals surface area contributed by atoms with Crippen molar-refractivity contribution in [1.82, 2.24) is 25.0 Å². The fourth-order valence-electron chi connectivity index (χ4n) is 4.33. The number of benzene rings is 2. The lowest BCUT2D eigenvalue weighted by Crippen LogP contribution is -2.61. The highest BCUT2D eigenvalue weighted by molar-refractivity contribution is 6.02. The maximum Gasteiger partial charge on any atom is 0.325 e. The summed E-state index contributed by atoms with van der Waals surface area (Å²) in [6.45, 7) is 0.576. The zero-order valence-electron chi connectivity index (χ0n) is 16.9. The van der Waals surface area contributed by atoms with Crippen molar-refractivity contribution < 1.29 is 14.0 Å². The first-order valence-corrected chi connectivity index (χ1v) is 10.1. The van der Waals surface area contributed by atoms with E-state index >= 15 is 0 Å². The normalized spacial score (nSPS) is 19.9. The molecule has 1 saturated heterocycles. The van der Waals surface area contributed by atoms with Crippen molar-refractivity contribution in [2.75, 3.05) is 18.5 Å². The molecule has 2 aliphatic heterocycles. The molecule has 1 fully saturated rings. The highest BCUT2D eigenvalue weighted by Crippen LogP contribution is 2.40. The Balaban J connectivity index is 1.50. The Hall–Kier alpha value is -3.75. The fraction of sp³-hybridized carbons (Fsp3) is 0.273. The van der Waals surface area contributed by atoms with Crippen LogP contribution in [0.3, 0.4) is 0 Å². The van der Waals surface area contributed by atoms with E-state index in [1.165, 1.54) is 22.6 Å². The van der Waals surface area contributed by atoms with Gasteiger partial charge in [-0.2, -0.15) is 0 Å². The molecule has 3 aromatic rings. The number of carbonyl (C=O) groups excluding carboxylic acids is 2. The molecule has 9 heteroatoms. The van der Waals surface area contributed by atoms with Gasteiger partial charge in [-0.25, -0.2) is 9.18 Å². The van der Waals surface area contributed by atoms with Gasteiger partial charge in [-0.3, -0.25) is 14.7 Å². The lowest BCUT2D eigenvalue weighted by atomic mass is 10.1. The van der Waals surface area contributed by atoms with Crippen molar-refractivity contribution in [1.29, 1.82) is 0 Å². The summed E-state index contributed by atoms with van der Waals surface area (Å²) in [6, 6.07) is 15.0. The lowest BCUT2D eigenvalue weighted by Gasteiger charge is -2.37. The number of aromatic nitrogens is 3. The molecule has 0 bridgehead atoms. The number of fused-ring (bicyclic) bond motifs is 3. The van der Waals surface area contributed by atoms with Crippen LogP contribution < -0.4 is 10.2 Å². The second-order valence-electron chi connectivity index (χ2n) is 7.75. The molecule has 1 aromatic heterocycles.